The summed E-state index contributed by atoms with van der Waals surface area (Å²) in [5, 5.41) is 13.6. The molecule has 3 heteroatoms. The first-order valence-electron chi connectivity index (χ1n) is 7.90. The minimum absolute atomic E-state index is 0.199. The SMILES string of the molecule is CN1CCCC1CCNC1(CO)CCc2ccccc21. The van der Waals surface area contributed by atoms with E-state index in [1.165, 1.54) is 36.9 Å². The van der Waals surface area contributed by atoms with Gasteiger partial charge in [0.1, 0.15) is 0 Å². The molecule has 0 spiro atoms. The number of rotatable bonds is 5. The molecule has 0 bridgehead atoms. The quantitative estimate of drug-likeness (QED) is 0.861. The Hall–Kier alpha value is -0.900. The van der Waals surface area contributed by atoms with E-state index in [1.54, 1.807) is 0 Å². The third kappa shape index (κ3) is 2.50. The first kappa shape index (κ1) is 14.1. The molecule has 1 aromatic carbocycles. The van der Waals surface area contributed by atoms with Gasteiger partial charge in [0.2, 0.25) is 0 Å². The molecule has 3 rings (SSSR count). The number of hydrogen-bond donors (Lipinski definition) is 2. The molecule has 0 radical (unpaired) electrons. The minimum Gasteiger partial charge on any atom is -0.394 e. The van der Waals surface area contributed by atoms with Crippen molar-refractivity contribution in [3.8, 4) is 0 Å². The fraction of sp³-hybridized carbons (Fsp3) is 0.647. The highest BCUT2D eigenvalue weighted by Gasteiger charge is 2.37. The van der Waals surface area contributed by atoms with Crippen LogP contribution in [-0.4, -0.2) is 42.8 Å². The van der Waals surface area contributed by atoms with E-state index in [9.17, 15) is 5.11 Å². The molecule has 110 valence electrons. The van der Waals surface area contributed by atoms with Gasteiger partial charge in [-0.25, -0.2) is 0 Å². The van der Waals surface area contributed by atoms with Crippen LogP contribution in [0.25, 0.3) is 0 Å². The van der Waals surface area contributed by atoms with Gasteiger partial charge in [-0.05, 0) is 63.4 Å². The third-order valence-corrected chi connectivity index (χ3v) is 5.24. The van der Waals surface area contributed by atoms with Crippen molar-refractivity contribution in [3.05, 3.63) is 35.4 Å². The Morgan fingerprint density at radius 3 is 3.00 bits per heavy atom. The monoisotopic (exact) mass is 274 g/mol. The van der Waals surface area contributed by atoms with Crippen LogP contribution in [0.15, 0.2) is 24.3 Å². The van der Waals surface area contributed by atoms with Crippen LogP contribution in [0.2, 0.25) is 0 Å². The Morgan fingerprint density at radius 2 is 2.25 bits per heavy atom. The van der Waals surface area contributed by atoms with E-state index in [0.29, 0.717) is 0 Å². The van der Waals surface area contributed by atoms with Gasteiger partial charge < -0.3 is 15.3 Å². The maximum Gasteiger partial charge on any atom is 0.0674 e. The van der Waals surface area contributed by atoms with Gasteiger partial charge in [-0.15, -0.1) is 0 Å². The van der Waals surface area contributed by atoms with Gasteiger partial charge in [-0.1, -0.05) is 24.3 Å². The standard InChI is InChI=1S/C17H26N2O/c1-19-12-4-6-15(19)9-11-18-17(13-20)10-8-14-5-2-3-7-16(14)17/h2-3,5,7,15,18,20H,4,6,8-13H2,1H3. The molecule has 1 aliphatic heterocycles. The number of hydrogen-bond acceptors (Lipinski definition) is 3. The average molecular weight is 274 g/mol. The summed E-state index contributed by atoms with van der Waals surface area (Å²) in [6.07, 6.45) is 5.92. The molecule has 1 aromatic rings. The maximum absolute atomic E-state index is 9.93. The first-order valence-corrected chi connectivity index (χ1v) is 7.90. The summed E-state index contributed by atoms with van der Waals surface area (Å²) in [7, 11) is 2.23. The number of fused-ring (bicyclic) bond motifs is 1. The van der Waals surface area contributed by atoms with Crippen molar-refractivity contribution in [1.82, 2.24) is 10.2 Å². The number of nitrogens with one attached hydrogen (secondary N) is 1. The van der Waals surface area contributed by atoms with Gasteiger partial charge in [0.15, 0.2) is 0 Å². The van der Waals surface area contributed by atoms with E-state index < -0.39 is 0 Å². The number of nitrogens with zero attached hydrogens (tertiary/aromatic N) is 1. The summed E-state index contributed by atoms with van der Waals surface area (Å²) in [6.45, 7) is 2.42. The summed E-state index contributed by atoms with van der Waals surface area (Å²) in [5.41, 5.74) is 2.50. The van der Waals surface area contributed by atoms with Crippen molar-refractivity contribution in [2.45, 2.75) is 43.7 Å². The van der Waals surface area contributed by atoms with Crippen LogP contribution in [0.4, 0.5) is 0 Å². The zero-order chi connectivity index (χ0) is 14.0. The maximum atomic E-state index is 9.93. The zero-order valence-electron chi connectivity index (χ0n) is 12.4. The Kier molecular flexibility index (Phi) is 4.11. The molecule has 1 fully saturated rings. The molecule has 1 aliphatic carbocycles. The smallest absolute Gasteiger partial charge is 0.0674 e. The van der Waals surface area contributed by atoms with Crippen molar-refractivity contribution < 1.29 is 5.11 Å². The molecule has 2 atom stereocenters. The van der Waals surface area contributed by atoms with Gasteiger partial charge in [0.25, 0.3) is 0 Å². The van der Waals surface area contributed by atoms with E-state index in [2.05, 4.69) is 41.5 Å². The van der Waals surface area contributed by atoms with Crippen LogP contribution in [0.1, 0.15) is 36.8 Å². The second-order valence-corrected chi connectivity index (χ2v) is 6.39. The fourth-order valence-corrected chi connectivity index (χ4v) is 3.91. The Morgan fingerprint density at radius 1 is 1.40 bits per heavy atom. The minimum atomic E-state index is -0.201. The van der Waals surface area contributed by atoms with Crippen LogP contribution in [-0.2, 0) is 12.0 Å². The topological polar surface area (TPSA) is 35.5 Å². The summed E-state index contributed by atoms with van der Waals surface area (Å²) in [6, 6.07) is 9.27. The normalized spacial score (nSPS) is 29.8. The van der Waals surface area contributed by atoms with Crippen LogP contribution in [0.5, 0.6) is 0 Å². The summed E-state index contributed by atoms with van der Waals surface area (Å²) in [4.78, 5) is 2.47. The Labute approximate surface area is 122 Å². The molecule has 0 amide bonds. The molecule has 0 saturated carbocycles. The number of aryl methyl sites for hydroxylation is 1. The van der Waals surface area contributed by atoms with E-state index in [0.717, 1.165) is 25.4 Å². The molecular weight excluding hydrogens is 248 g/mol. The van der Waals surface area contributed by atoms with E-state index in [-0.39, 0.29) is 12.1 Å². The third-order valence-electron chi connectivity index (χ3n) is 5.24. The predicted molar refractivity (Wildman–Crippen MR) is 81.8 cm³/mol. The van der Waals surface area contributed by atoms with Crippen molar-refractivity contribution in [2.24, 2.45) is 0 Å². The number of aliphatic hydroxyl groups excluding tert-OH is 1. The largest absolute Gasteiger partial charge is 0.394 e. The first-order chi connectivity index (χ1) is 9.75. The lowest BCUT2D eigenvalue weighted by atomic mass is 9.92. The molecular formula is C17H26N2O. The van der Waals surface area contributed by atoms with Crippen LogP contribution < -0.4 is 5.32 Å². The van der Waals surface area contributed by atoms with Gasteiger partial charge >= 0.3 is 0 Å². The molecule has 0 aromatic heterocycles. The van der Waals surface area contributed by atoms with Crippen molar-refractivity contribution in [1.29, 1.82) is 0 Å². The van der Waals surface area contributed by atoms with Gasteiger partial charge in [-0.3, -0.25) is 0 Å². The van der Waals surface area contributed by atoms with Crippen LogP contribution in [0.3, 0.4) is 0 Å². The number of benzene rings is 1. The lowest BCUT2D eigenvalue weighted by molar-refractivity contribution is 0.156. The summed E-state index contributed by atoms with van der Waals surface area (Å²) < 4.78 is 0. The lowest BCUT2D eigenvalue weighted by Crippen LogP contribution is -2.45. The highest BCUT2D eigenvalue weighted by Crippen LogP contribution is 2.36. The molecule has 2 unspecified atom stereocenters. The molecule has 20 heavy (non-hydrogen) atoms. The van der Waals surface area contributed by atoms with Crippen molar-refractivity contribution in [3.63, 3.8) is 0 Å². The number of aliphatic hydroxyl groups is 1. The highest BCUT2D eigenvalue weighted by atomic mass is 16.3. The van der Waals surface area contributed by atoms with E-state index >= 15 is 0 Å². The molecule has 1 saturated heterocycles. The zero-order valence-corrected chi connectivity index (χ0v) is 12.4. The second-order valence-electron chi connectivity index (χ2n) is 6.39. The van der Waals surface area contributed by atoms with Crippen LogP contribution in [0, 0.1) is 0 Å². The van der Waals surface area contributed by atoms with Crippen molar-refractivity contribution in [2.75, 3.05) is 26.7 Å². The highest BCUT2D eigenvalue weighted by molar-refractivity contribution is 5.38. The van der Waals surface area contributed by atoms with E-state index in [1.807, 2.05) is 0 Å². The Bertz CT molecular complexity index is 462. The van der Waals surface area contributed by atoms with Crippen LogP contribution >= 0.6 is 0 Å². The lowest BCUT2D eigenvalue weighted by Gasteiger charge is -2.31. The average Bonchev–Trinajstić information content (AvgIpc) is 3.05. The molecule has 2 aliphatic rings. The van der Waals surface area contributed by atoms with Gasteiger partial charge in [0.05, 0.1) is 12.1 Å². The Balaban J connectivity index is 1.63. The second kappa shape index (κ2) is 5.84. The molecule has 2 N–H and O–H groups in total. The van der Waals surface area contributed by atoms with Gasteiger partial charge in [0, 0.05) is 6.04 Å². The van der Waals surface area contributed by atoms with E-state index in [4.69, 9.17) is 0 Å². The number of likely N-dealkylation sites (tertiary alicyclic amines) is 1. The summed E-state index contributed by atoms with van der Waals surface area (Å²) in [5.74, 6) is 0. The van der Waals surface area contributed by atoms with Gasteiger partial charge in [-0.2, -0.15) is 0 Å². The predicted octanol–water partition coefficient (Wildman–Crippen LogP) is 1.89. The molecule has 1 heterocycles. The summed E-state index contributed by atoms with van der Waals surface area (Å²) >= 11 is 0. The fourth-order valence-electron chi connectivity index (χ4n) is 3.91. The molecule has 3 nitrogen and oxygen atoms in total. The van der Waals surface area contributed by atoms with Crippen molar-refractivity contribution >= 4 is 0 Å².